The Labute approximate surface area is 94.7 Å². The van der Waals surface area contributed by atoms with Gasteiger partial charge < -0.3 is 10.2 Å². The zero-order valence-corrected chi connectivity index (χ0v) is 10.2. The fraction of sp³-hybridized carbons (Fsp3) is 1.00. The predicted molar refractivity (Wildman–Crippen MR) is 64.9 cm³/mol. The van der Waals surface area contributed by atoms with E-state index in [4.69, 9.17) is 5.11 Å². The molecular formula is C13H28O2. The minimum absolute atomic E-state index is 0.187. The Balaban J connectivity index is 3.02. The normalized spacial score (nSPS) is 13.0. The molecule has 2 heteroatoms. The maximum Gasteiger partial charge on any atom is 0.0541 e. The first-order chi connectivity index (χ1) is 7.31. The van der Waals surface area contributed by atoms with Gasteiger partial charge in [-0.1, -0.05) is 51.9 Å². The molecule has 92 valence electrons. The summed E-state index contributed by atoms with van der Waals surface area (Å²) in [6.07, 6.45) is 11.3. The number of unbranched alkanes of at least 4 members (excludes halogenated alkanes) is 6. The van der Waals surface area contributed by atoms with Gasteiger partial charge in [0, 0.05) is 6.61 Å². The molecule has 0 amide bonds. The Kier molecular flexibility index (Phi) is 11.9. The van der Waals surface area contributed by atoms with Crippen LogP contribution in [0.5, 0.6) is 0 Å². The molecule has 0 saturated carbocycles. The number of hydrogen-bond donors (Lipinski definition) is 2. The van der Waals surface area contributed by atoms with E-state index in [-0.39, 0.29) is 12.7 Å². The fourth-order valence-corrected chi connectivity index (χ4v) is 1.81. The summed E-state index contributed by atoms with van der Waals surface area (Å²) in [4.78, 5) is 0. The van der Waals surface area contributed by atoms with Crippen molar-refractivity contribution in [2.24, 2.45) is 0 Å². The van der Waals surface area contributed by atoms with E-state index in [1.165, 1.54) is 38.5 Å². The van der Waals surface area contributed by atoms with E-state index in [1.807, 2.05) is 0 Å². The van der Waals surface area contributed by atoms with Crippen LogP contribution >= 0.6 is 0 Å². The van der Waals surface area contributed by atoms with Crippen molar-refractivity contribution in [1.29, 1.82) is 0 Å². The summed E-state index contributed by atoms with van der Waals surface area (Å²) >= 11 is 0. The molecule has 0 aromatic carbocycles. The molecule has 0 radical (unpaired) electrons. The highest BCUT2D eigenvalue weighted by Gasteiger charge is 2.02. The number of aliphatic hydroxyl groups is 2. The second-order valence-electron chi connectivity index (χ2n) is 4.43. The molecule has 0 aliphatic rings. The Morgan fingerprint density at radius 2 is 1.33 bits per heavy atom. The molecule has 0 aromatic rings. The summed E-state index contributed by atoms with van der Waals surface area (Å²) in [5.74, 6) is 0. The van der Waals surface area contributed by atoms with Gasteiger partial charge in [-0.2, -0.15) is 0 Å². The SMILES string of the molecule is CCCCCCCCC[C@H](O)CCCO. The molecule has 1 atom stereocenters. The molecule has 0 fully saturated rings. The van der Waals surface area contributed by atoms with Gasteiger partial charge in [0.05, 0.1) is 6.10 Å². The molecule has 0 aliphatic carbocycles. The van der Waals surface area contributed by atoms with E-state index in [1.54, 1.807) is 0 Å². The monoisotopic (exact) mass is 216 g/mol. The van der Waals surface area contributed by atoms with Crippen LogP contribution in [0, 0.1) is 0 Å². The first-order valence-corrected chi connectivity index (χ1v) is 6.60. The minimum atomic E-state index is -0.187. The van der Waals surface area contributed by atoms with Crippen molar-refractivity contribution in [2.45, 2.75) is 77.2 Å². The summed E-state index contributed by atoms with van der Waals surface area (Å²) < 4.78 is 0. The highest BCUT2D eigenvalue weighted by Crippen LogP contribution is 2.11. The van der Waals surface area contributed by atoms with Crippen molar-refractivity contribution < 1.29 is 10.2 Å². The van der Waals surface area contributed by atoms with Crippen molar-refractivity contribution in [3.05, 3.63) is 0 Å². The van der Waals surface area contributed by atoms with E-state index in [0.717, 1.165) is 25.7 Å². The van der Waals surface area contributed by atoms with Crippen LogP contribution in [0.1, 0.15) is 71.1 Å². The first kappa shape index (κ1) is 14.9. The van der Waals surface area contributed by atoms with Crippen LogP contribution < -0.4 is 0 Å². The van der Waals surface area contributed by atoms with Crippen molar-refractivity contribution in [2.75, 3.05) is 6.61 Å². The Bertz CT molecular complexity index is 115. The molecule has 2 nitrogen and oxygen atoms in total. The molecule has 0 aliphatic heterocycles. The Morgan fingerprint density at radius 1 is 0.800 bits per heavy atom. The van der Waals surface area contributed by atoms with Gasteiger partial charge in [-0.25, -0.2) is 0 Å². The van der Waals surface area contributed by atoms with Gasteiger partial charge in [0.2, 0.25) is 0 Å². The molecule has 2 N–H and O–H groups in total. The number of aliphatic hydroxyl groups excluding tert-OH is 2. The number of hydrogen-bond acceptors (Lipinski definition) is 2. The maximum atomic E-state index is 9.51. The van der Waals surface area contributed by atoms with Crippen molar-refractivity contribution in [3.63, 3.8) is 0 Å². The van der Waals surface area contributed by atoms with Crippen molar-refractivity contribution >= 4 is 0 Å². The lowest BCUT2D eigenvalue weighted by Crippen LogP contribution is -2.06. The Hall–Kier alpha value is -0.0800. The average Bonchev–Trinajstić information content (AvgIpc) is 2.25. The summed E-state index contributed by atoms with van der Waals surface area (Å²) in [6.45, 7) is 2.44. The van der Waals surface area contributed by atoms with Crippen LogP contribution in [0.15, 0.2) is 0 Å². The second-order valence-corrected chi connectivity index (χ2v) is 4.43. The standard InChI is InChI=1S/C13H28O2/c1-2-3-4-5-6-7-8-10-13(15)11-9-12-14/h13-15H,2-12H2,1H3/t13-/m0/s1. The third kappa shape index (κ3) is 11.8. The highest BCUT2D eigenvalue weighted by atomic mass is 16.3. The largest absolute Gasteiger partial charge is 0.396 e. The van der Waals surface area contributed by atoms with E-state index in [0.29, 0.717) is 0 Å². The smallest absolute Gasteiger partial charge is 0.0541 e. The molecule has 0 spiro atoms. The fourth-order valence-electron chi connectivity index (χ4n) is 1.81. The molecule has 0 rings (SSSR count). The molecule has 0 saturated heterocycles. The van der Waals surface area contributed by atoms with Crippen LogP contribution in [0.4, 0.5) is 0 Å². The van der Waals surface area contributed by atoms with Crippen molar-refractivity contribution in [3.8, 4) is 0 Å². The van der Waals surface area contributed by atoms with Crippen LogP contribution in [0.3, 0.4) is 0 Å². The van der Waals surface area contributed by atoms with E-state index >= 15 is 0 Å². The summed E-state index contributed by atoms with van der Waals surface area (Å²) in [5, 5.41) is 18.1. The van der Waals surface area contributed by atoms with Crippen LogP contribution in [-0.2, 0) is 0 Å². The lowest BCUT2D eigenvalue weighted by atomic mass is 10.0. The predicted octanol–water partition coefficient (Wildman–Crippen LogP) is 3.26. The van der Waals surface area contributed by atoms with E-state index in [9.17, 15) is 5.11 Å². The highest BCUT2D eigenvalue weighted by molar-refractivity contribution is 4.56. The van der Waals surface area contributed by atoms with E-state index < -0.39 is 0 Å². The molecule has 0 unspecified atom stereocenters. The van der Waals surface area contributed by atoms with Gasteiger partial charge in [0.25, 0.3) is 0 Å². The molecular weight excluding hydrogens is 188 g/mol. The van der Waals surface area contributed by atoms with Crippen LogP contribution in [-0.4, -0.2) is 22.9 Å². The van der Waals surface area contributed by atoms with Gasteiger partial charge >= 0.3 is 0 Å². The zero-order chi connectivity index (χ0) is 11.4. The van der Waals surface area contributed by atoms with Gasteiger partial charge in [-0.05, 0) is 19.3 Å². The minimum Gasteiger partial charge on any atom is -0.396 e. The summed E-state index contributed by atoms with van der Waals surface area (Å²) in [6, 6.07) is 0. The first-order valence-electron chi connectivity index (χ1n) is 6.60. The molecule has 0 aromatic heterocycles. The van der Waals surface area contributed by atoms with Crippen LogP contribution in [0.25, 0.3) is 0 Å². The molecule has 15 heavy (non-hydrogen) atoms. The summed E-state index contributed by atoms with van der Waals surface area (Å²) in [5.41, 5.74) is 0. The van der Waals surface area contributed by atoms with Gasteiger partial charge in [0.15, 0.2) is 0 Å². The van der Waals surface area contributed by atoms with Gasteiger partial charge in [0.1, 0.15) is 0 Å². The quantitative estimate of drug-likeness (QED) is 0.520. The van der Waals surface area contributed by atoms with Crippen molar-refractivity contribution in [1.82, 2.24) is 0 Å². The third-order valence-electron chi connectivity index (χ3n) is 2.84. The van der Waals surface area contributed by atoms with Gasteiger partial charge in [-0.3, -0.25) is 0 Å². The number of rotatable bonds is 11. The Morgan fingerprint density at radius 3 is 1.93 bits per heavy atom. The average molecular weight is 216 g/mol. The summed E-state index contributed by atoms with van der Waals surface area (Å²) in [7, 11) is 0. The topological polar surface area (TPSA) is 40.5 Å². The molecule has 0 heterocycles. The maximum absolute atomic E-state index is 9.51. The van der Waals surface area contributed by atoms with E-state index in [2.05, 4.69) is 6.92 Å². The third-order valence-corrected chi connectivity index (χ3v) is 2.84. The van der Waals surface area contributed by atoms with Crippen LogP contribution in [0.2, 0.25) is 0 Å². The lowest BCUT2D eigenvalue weighted by Gasteiger charge is -2.08. The zero-order valence-electron chi connectivity index (χ0n) is 10.2. The van der Waals surface area contributed by atoms with Gasteiger partial charge in [-0.15, -0.1) is 0 Å². The molecule has 0 bridgehead atoms. The lowest BCUT2D eigenvalue weighted by molar-refractivity contribution is 0.138. The second kappa shape index (κ2) is 12.0.